The molecule has 2 aromatic rings. The van der Waals surface area contributed by atoms with E-state index in [4.69, 9.17) is 4.42 Å². The van der Waals surface area contributed by atoms with Crippen molar-refractivity contribution in [3.05, 3.63) is 35.4 Å². The van der Waals surface area contributed by atoms with Crippen LogP contribution in [-0.4, -0.2) is 35.7 Å². The van der Waals surface area contributed by atoms with Gasteiger partial charge in [0.25, 0.3) is 0 Å². The second kappa shape index (κ2) is 6.31. The molecule has 0 aliphatic rings. The number of furan rings is 1. The number of nitrogens with zero attached hydrogens (tertiary/aromatic N) is 3. The topological polar surface area (TPSA) is 74.4 Å². The zero-order valence-corrected chi connectivity index (χ0v) is 13.8. The number of aromatic nitrogens is 2. The second-order valence-corrected chi connectivity index (χ2v) is 5.86. The molecule has 2 N–H and O–H groups in total. The molecular weight excluding hydrogens is 325 g/mol. The highest BCUT2D eigenvalue weighted by atomic mass is 19.4. The van der Waals surface area contributed by atoms with Crippen molar-refractivity contribution in [1.29, 1.82) is 0 Å². The number of hydrogen-bond donors (Lipinski definition) is 2. The highest BCUT2D eigenvalue weighted by Gasteiger charge is 2.34. The zero-order chi connectivity index (χ0) is 18.1. The molecular formula is C15H19F3N4O2. The van der Waals surface area contributed by atoms with E-state index in [2.05, 4.69) is 15.3 Å². The molecule has 1 atom stereocenters. The van der Waals surface area contributed by atoms with Crippen molar-refractivity contribution in [2.24, 2.45) is 0 Å². The maximum Gasteiger partial charge on any atom is 0.433 e. The Balaban J connectivity index is 2.24. The van der Waals surface area contributed by atoms with Crippen molar-refractivity contribution >= 4 is 11.8 Å². The van der Waals surface area contributed by atoms with Crippen LogP contribution in [0.2, 0.25) is 0 Å². The number of rotatable bonds is 5. The van der Waals surface area contributed by atoms with Gasteiger partial charge in [0.05, 0.1) is 6.54 Å². The summed E-state index contributed by atoms with van der Waals surface area (Å²) < 4.78 is 44.2. The lowest BCUT2D eigenvalue weighted by molar-refractivity contribution is -0.141. The molecule has 0 saturated heterocycles. The van der Waals surface area contributed by atoms with Gasteiger partial charge in [0, 0.05) is 20.2 Å². The Morgan fingerprint density at radius 1 is 1.25 bits per heavy atom. The fourth-order valence-corrected chi connectivity index (χ4v) is 1.95. The first kappa shape index (κ1) is 18.1. The van der Waals surface area contributed by atoms with Crippen LogP contribution in [0.25, 0.3) is 0 Å². The Labute approximate surface area is 137 Å². The first-order chi connectivity index (χ1) is 11.0. The SMILES string of the molecule is Cc1ccc(C(C)(O)CNc2nc(N(C)C)cc(C(F)(F)F)n2)o1. The van der Waals surface area contributed by atoms with Crippen LogP contribution in [0.5, 0.6) is 0 Å². The van der Waals surface area contributed by atoms with Crippen molar-refractivity contribution in [1.82, 2.24) is 9.97 Å². The standard InChI is InChI=1S/C15H19F3N4O2/c1-9-5-6-11(24-9)14(2,23)8-19-13-20-10(15(16,17)18)7-12(21-13)22(3)4/h5-7,23H,8H2,1-4H3,(H,19,20,21). The van der Waals surface area contributed by atoms with Crippen LogP contribution < -0.4 is 10.2 Å². The molecule has 0 radical (unpaired) electrons. The normalized spacial score (nSPS) is 14.3. The van der Waals surface area contributed by atoms with Gasteiger partial charge in [-0.2, -0.15) is 18.2 Å². The Morgan fingerprint density at radius 3 is 2.42 bits per heavy atom. The highest BCUT2D eigenvalue weighted by Crippen LogP contribution is 2.30. The van der Waals surface area contributed by atoms with Gasteiger partial charge >= 0.3 is 6.18 Å². The van der Waals surface area contributed by atoms with E-state index in [-0.39, 0.29) is 18.3 Å². The van der Waals surface area contributed by atoms with E-state index in [0.29, 0.717) is 11.5 Å². The van der Waals surface area contributed by atoms with E-state index < -0.39 is 17.5 Å². The second-order valence-electron chi connectivity index (χ2n) is 5.86. The summed E-state index contributed by atoms with van der Waals surface area (Å²) in [6, 6.07) is 4.16. The molecule has 0 spiro atoms. The number of halogens is 3. The van der Waals surface area contributed by atoms with Gasteiger partial charge in [-0.25, -0.2) is 4.98 Å². The van der Waals surface area contributed by atoms with Gasteiger partial charge in [0.15, 0.2) is 5.69 Å². The van der Waals surface area contributed by atoms with E-state index in [1.54, 1.807) is 33.2 Å². The van der Waals surface area contributed by atoms with Crippen LogP contribution in [0.1, 0.15) is 24.1 Å². The van der Waals surface area contributed by atoms with Gasteiger partial charge in [-0.05, 0) is 26.0 Å². The van der Waals surface area contributed by atoms with Crippen LogP contribution in [0.4, 0.5) is 24.9 Å². The predicted molar refractivity (Wildman–Crippen MR) is 82.9 cm³/mol. The average molecular weight is 344 g/mol. The third kappa shape index (κ3) is 4.16. The molecule has 24 heavy (non-hydrogen) atoms. The van der Waals surface area contributed by atoms with Crippen molar-refractivity contribution in [2.45, 2.75) is 25.6 Å². The molecule has 1 unspecified atom stereocenters. The summed E-state index contributed by atoms with van der Waals surface area (Å²) in [6.07, 6.45) is -4.59. The molecule has 132 valence electrons. The first-order valence-corrected chi connectivity index (χ1v) is 7.16. The maximum atomic E-state index is 13.0. The van der Waals surface area contributed by atoms with Crippen LogP contribution in [0, 0.1) is 6.92 Å². The Morgan fingerprint density at radius 2 is 1.92 bits per heavy atom. The molecule has 0 saturated carbocycles. The van der Waals surface area contributed by atoms with E-state index >= 15 is 0 Å². The van der Waals surface area contributed by atoms with Crippen LogP contribution in [0.3, 0.4) is 0 Å². The Bertz CT molecular complexity index is 711. The first-order valence-electron chi connectivity index (χ1n) is 7.16. The lowest BCUT2D eigenvalue weighted by Crippen LogP contribution is -2.31. The molecule has 6 nitrogen and oxygen atoms in total. The van der Waals surface area contributed by atoms with Gasteiger partial charge in [-0.1, -0.05) is 0 Å². The van der Waals surface area contributed by atoms with Crippen molar-refractivity contribution in [2.75, 3.05) is 30.9 Å². The van der Waals surface area contributed by atoms with Crippen molar-refractivity contribution in [3.8, 4) is 0 Å². The van der Waals surface area contributed by atoms with Gasteiger partial charge < -0.3 is 19.7 Å². The fourth-order valence-electron chi connectivity index (χ4n) is 1.95. The molecule has 0 bridgehead atoms. The Kier molecular flexibility index (Phi) is 4.75. The molecule has 0 aliphatic carbocycles. The fraction of sp³-hybridized carbons (Fsp3) is 0.467. The van der Waals surface area contributed by atoms with Crippen LogP contribution in [-0.2, 0) is 11.8 Å². The van der Waals surface area contributed by atoms with E-state index in [9.17, 15) is 18.3 Å². The zero-order valence-electron chi connectivity index (χ0n) is 13.8. The monoisotopic (exact) mass is 344 g/mol. The number of hydrogen-bond acceptors (Lipinski definition) is 6. The average Bonchev–Trinajstić information content (AvgIpc) is 2.91. The lowest BCUT2D eigenvalue weighted by Gasteiger charge is -2.22. The quantitative estimate of drug-likeness (QED) is 0.869. The molecule has 2 rings (SSSR count). The summed E-state index contributed by atoms with van der Waals surface area (Å²) in [7, 11) is 3.15. The minimum Gasteiger partial charge on any atom is -0.463 e. The van der Waals surface area contributed by atoms with Crippen molar-refractivity contribution < 1.29 is 22.7 Å². The molecule has 0 aliphatic heterocycles. The molecule has 9 heteroatoms. The Hall–Kier alpha value is -2.29. The number of alkyl halides is 3. The molecule has 2 aromatic heterocycles. The molecule has 0 amide bonds. The number of aryl methyl sites for hydroxylation is 1. The van der Waals surface area contributed by atoms with E-state index in [1.807, 2.05) is 0 Å². The molecule has 0 aromatic carbocycles. The van der Waals surface area contributed by atoms with Gasteiger partial charge in [-0.3, -0.25) is 0 Å². The van der Waals surface area contributed by atoms with E-state index in [0.717, 1.165) is 6.07 Å². The summed E-state index contributed by atoms with van der Waals surface area (Å²) in [5.41, 5.74) is -2.48. The summed E-state index contributed by atoms with van der Waals surface area (Å²) in [6.45, 7) is 3.10. The summed E-state index contributed by atoms with van der Waals surface area (Å²) in [4.78, 5) is 8.92. The third-order valence-electron chi connectivity index (χ3n) is 3.32. The van der Waals surface area contributed by atoms with E-state index in [1.165, 1.54) is 11.8 Å². The number of anilines is 2. The predicted octanol–water partition coefficient (Wildman–Crippen LogP) is 2.78. The largest absolute Gasteiger partial charge is 0.463 e. The third-order valence-corrected chi connectivity index (χ3v) is 3.32. The lowest BCUT2D eigenvalue weighted by atomic mass is 10.0. The number of aliphatic hydroxyl groups is 1. The minimum atomic E-state index is -4.59. The van der Waals surface area contributed by atoms with Gasteiger partial charge in [-0.15, -0.1) is 0 Å². The molecule has 0 fully saturated rings. The summed E-state index contributed by atoms with van der Waals surface area (Å²) >= 11 is 0. The minimum absolute atomic E-state index is 0.105. The van der Waals surface area contributed by atoms with Crippen LogP contribution in [0.15, 0.2) is 22.6 Å². The van der Waals surface area contributed by atoms with Crippen LogP contribution >= 0.6 is 0 Å². The van der Waals surface area contributed by atoms with Gasteiger partial charge in [0.2, 0.25) is 5.95 Å². The smallest absolute Gasteiger partial charge is 0.433 e. The van der Waals surface area contributed by atoms with Gasteiger partial charge in [0.1, 0.15) is 22.9 Å². The van der Waals surface area contributed by atoms with Crippen molar-refractivity contribution in [3.63, 3.8) is 0 Å². The summed E-state index contributed by atoms with van der Waals surface area (Å²) in [5, 5.41) is 13.1. The highest BCUT2D eigenvalue weighted by molar-refractivity contribution is 5.44. The number of nitrogens with one attached hydrogen (secondary N) is 1. The summed E-state index contributed by atoms with van der Waals surface area (Å²) in [5.74, 6) is 0.799. The maximum absolute atomic E-state index is 13.0. The molecule has 2 heterocycles.